The van der Waals surface area contributed by atoms with Crippen LogP contribution in [0.4, 0.5) is 0 Å². The second kappa shape index (κ2) is 10.1. The molecule has 0 bridgehead atoms. The molecule has 206 valence electrons. The molecule has 0 radical (unpaired) electrons. The first kappa shape index (κ1) is 27.4. The zero-order valence-electron chi connectivity index (χ0n) is 23.9. The highest BCUT2D eigenvalue weighted by Crippen LogP contribution is 2.68. The second-order valence-electron chi connectivity index (χ2n) is 14.3. The minimum absolute atomic E-state index is 0.0402. The number of fused-ring (bicyclic) bond motifs is 5. The van der Waals surface area contributed by atoms with E-state index in [1.54, 1.807) is 24.3 Å². The summed E-state index contributed by atoms with van der Waals surface area (Å²) >= 11 is 0. The number of sulfone groups is 1. The molecule has 4 aliphatic carbocycles. The lowest BCUT2D eigenvalue weighted by atomic mass is 9.44. The van der Waals surface area contributed by atoms with E-state index >= 15 is 0 Å². The normalized spacial score (nSPS) is 40.6. The van der Waals surface area contributed by atoms with Gasteiger partial charge in [-0.25, -0.2) is 8.42 Å². The topological polar surface area (TPSA) is 51.2 Å². The van der Waals surface area contributed by atoms with Crippen LogP contribution in [-0.2, 0) is 14.6 Å². The Morgan fingerprint density at radius 1 is 0.838 bits per heavy atom. The van der Waals surface area contributed by atoms with Gasteiger partial charge in [0.25, 0.3) is 0 Å². The number of hydrogen-bond donors (Lipinski definition) is 0. The number of carbonyl (C=O) groups excluding carboxylic acids is 1. The van der Waals surface area contributed by atoms with Gasteiger partial charge >= 0.3 is 0 Å². The molecule has 0 unspecified atom stereocenters. The van der Waals surface area contributed by atoms with Gasteiger partial charge in [-0.15, -0.1) is 0 Å². The van der Waals surface area contributed by atoms with Crippen LogP contribution in [0.15, 0.2) is 35.2 Å². The van der Waals surface area contributed by atoms with Crippen molar-refractivity contribution in [2.75, 3.05) is 0 Å². The Balaban J connectivity index is 1.37. The van der Waals surface area contributed by atoms with E-state index in [0.29, 0.717) is 28.6 Å². The molecule has 4 aliphatic rings. The summed E-state index contributed by atoms with van der Waals surface area (Å²) in [5.74, 6) is 4.35. The molecule has 9 atom stereocenters. The van der Waals surface area contributed by atoms with E-state index in [2.05, 4.69) is 34.6 Å². The van der Waals surface area contributed by atoms with Crippen molar-refractivity contribution in [1.29, 1.82) is 0 Å². The van der Waals surface area contributed by atoms with Crippen molar-refractivity contribution in [3.8, 4) is 0 Å². The van der Waals surface area contributed by atoms with Crippen LogP contribution in [0.3, 0.4) is 0 Å². The lowest BCUT2D eigenvalue weighted by molar-refractivity contribution is -0.139. The Morgan fingerprint density at radius 2 is 1.51 bits per heavy atom. The van der Waals surface area contributed by atoms with Gasteiger partial charge in [-0.3, -0.25) is 4.79 Å². The van der Waals surface area contributed by atoms with Crippen LogP contribution in [0.1, 0.15) is 105 Å². The number of Topliss-reactive ketones (excluding diaryl/α,β-unsaturated/α-hetero) is 1. The van der Waals surface area contributed by atoms with Crippen LogP contribution in [0.5, 0.6) is 0 Å². The van der Waals surface area contributed by atoms with E-state index in [9.17, 15) is 13.2 Å². The predicted molar refractivity (Wildman–Crippen MR) is 151 cm³/mol. The summed E-state index contributed by atoms with van der Waals surface area (Å²) in [6.07, 6.45) is 12.6. The van der Waals surface area contributed by atoms with Crippen molar-refractivity contribution in [2.24, 2.45) is 52.3 Å². The average molecular weight is 527 g/mol. The summed E-state index contributed by atoms with van der Waals surface area (Å²) in [5, 5.41) is -0.861. The molecular weight excluding hydrogens is 476 g/mol. The summed E-state index contributed by atoms with van der Waals surface area (Å²) in [4.78, 5) is 13.6. The minimum Gasteiger partial charge on any atom is -0.298 e. The van der Waals surface area contributed by atoms with Crippen LogP contribution in [-0.4, -0.2) is 19.5 Å². The van der Waals surface area contributed by atoms with Gasteiger partial charge in [0, 0.05) is 6.42 Å². The Bertz CT molecular complexity index is 1080. The highest BCUT2D eigenvalue weighted by molar-refractivity contribution is 7.92. The number of benzene rings is 1. The molecule has 1 aromatic carbocycles. The Kier molecular flexibility index (Phi) is 7.48. The van der Waals surface area contributed by atoms with E-state index < -0.39 is 15.1 Å². The van der Waals surface area contributed by atoms with Crippen LogP contribution < -0.4 is 0 Å². The summed E-state index contributed by atoms with van der Waals surface area (Å²) in [6.45, 7) is 12.2. The van der Waals surface area contributed by atoms with E-state index in [4.69, 9.17) is 0 Å². The summed E-state index contributed by atoms with van der Waals surface area (Å²) in [7, 11) is -3.67. The van der Waals surface area contributed by atoms with Crippen LogP contribution in [0, 0.1) is 52.3 Å². The molecule has 3 nitrogen and oxygen atoms in total. The maximum absolute atomic E-state index is 13.8. The monoisotopic (exact) mass is 526 g/mol. The largest absolute Gasteiger partial charge is 0.298 e. The molecule has 1 aromatic rings. The first-order chi connectivity index (χ1) is 17.5. The molecule has 0 saturated heterocycles. The third-order valence-electron chi connectivity index (χ3n) is 12.1. The fourth-order valence-electron chi connectivity index (χ4n) is 10.3. The second-order valence-corrected chi connectivity index (χ2v) is 16.4. The first-order valence-corrected chi connectivity index (χ1v) is 16.9. The molecule has 37 heavy (non-hydrogen) atoms. The Hall–Kier alpha value is -1.16. The molecular formula is C33H50O3S. The third kappa shape index (κ3) is 4.55. The lowest BCUT2D eigenvalue weighted by Crippen LogP contribution is -2.59. The molecule has 0 aliphatic heterocycles. The summed E-state index contributed by atoms with van der Waals surface area (Å²) < 4.78 is 27.6. The van der Waals surface area contributed by atoms with Gasteiger partial charge in [-0.1, -0.05) is 72.1 Å². The van der Waals surface area contributed by atoms with Gasteiger partial charge in [0.05, 0.1) is 4.90 Å². The van der Waals surface area contributed by atoms with Crippen molar-refractivity contribution < 1.29 is 13.2 Å². The molecule has 4 heteroatoms. The average Bonchev–Trinajstić information content (AvgIpc) is 3.22. The highest BCUT2D eigenvalue weighted by Gasteiger charge is 2.63. The van der Waals surface area contributed by atoms with Crippen molar-refractivity contribution in [3.05, 3.63) is 30.3 Å². The molecule has 0 aromatic heterocycles. The van der Waals surface area contributed by atoms with E-state index in [1.807, 2.05) is 6.07 Å². The number of ketones is 1. The molecule has 4 fully saturated rings. The SMILES string of the molecule is CC(C)CCC[C@@H](C)[C@H]1CC[C@H]2[C@@H]3CC[C@@H]4[C@@H](S(=O)(=O)c5ccccc5)C(=O)CC[C@]4(C)[C@H]3CC[C@]12C. The molecule has 0 heterocycles. The molecule has 0 amide bonds. The number of hydrogen-bond acceptors (Lipinski definition) is 3. The van der Waals surface area contributed by atoms with Gasteiger partial charge in [0.2, 0.25) is 0 Å². The van der Waals surface area contributed by atoms with Crippen molar-refractivity contribution in [1.82, 2.24) is 0 Å². The zero-order chi connectivity index (χ0) is 26.6. The van der Waals surface area contributed by atoms with Crippen molar-refractivity contribution >= 4 is 15.6 Å². The standard InChI is InChI=1S/C33H50O3S/c1-22(2)10-9-11-23(3)26-16-17-27-25-14-15-29-31(37(35,36)24-12-7-6-8-13-24)30(34)19-21-33(29,5)28(25)18-20-32(26,27)4/h6-8,12-13,22-23,25-29,31H,9-11,14-21H2,1-5H3/t23-,25+,26-,27+,28+,29-,31-,32-,33-/m1/s1. The molecule has 5 rings (SSSR count). The van der Waals surface area contributed by atoms with Crippen molar-refractivity contribution in [2.45, 2.75) is 115 Å². The fraction of sp³-hybridized carbons (Fsp3) is 0.788. The van der Waals surface area contributed by atoms with Crippen LogP contribution in [0.25, 0.3) is 0 Å². The van der Waals surface area contributed by atoms with Gasteiger partial charge in [0.1, 0.15) is 5.25 Å². The number of carbonyl (C=O) groups is 1. The summed E-state index contributed by atoms with van der Waals surface area (Å²) in [6, 6.07) is 8.74. The molecule has 4 saturated carbocycles. The Labute approximate surface area is 226 Å². The first-order valence-electron chi connectivity index (χ1n) is 15.3. The van der Waals surface area contributed by atoms with Crippen molar-refractivity contribution in [3.63, 3.8) is 0 Å². The van der Waals surface area contributed by atoms with Crippen LogP contribution in [0.2, 0.25) is 0 Å². The maximum Gasteiger partial charge on any atom is 0.188 e. The quantitative estimate of drug-likeness (QED) is 0.360. The minimum atomic E-state index is -3.67. The third-order valence-corrected chi connectivity index (χ3v) is 14.3. The fourth-order valence-corrected chi connectivity index (χ4v) is 12.5. The molecule has 0 N–H and O–H groups in total. The van der Waals surface area contributed by atoms with E-state index in [0.717, 1.165) is 42.9 Å². The smallest absolute Gasteiger partial charge is 0.188 e. The summed E-state index contributed by atoms with van der Waals surface area (Å²) in [5.41, 5.74) is 0.382. The highest BCUT2D eigenvalue weighted by atomic mass is 32.2. The zero-order valence-corrected chi connectivity index (χ0v) is 24.7. The lowest BCUT2D eigenvalue weighted by Gasteiger charge is -2.61. The van der Waals surface area contributed by atoms with Gasteiger partial charge in [0.15, 0.2) is 15.6 Å². The van der Waals surface area contributed by atoms with Gasteiger partial charge in [-0.05, 0) is 109 Å². The maximum atomic E-state index is 13.8. The Morgan fingerprint density at radius 3 is 2.22 bits per heavy atom. The number of rotatable bonds is 7. The predicted octanol–water partition coefficient (Wildman–Crippen LogP) is 8.13. The molecule has 0 spiro atoms. The van der Waals surface area contributed by atoms with Crippen LogP contribution >= 0.6 is 0 Å². The van der Waals surface area contributed by atoms with Gasteiger partial charge in [-0.2, -0.15) is 0 Å². The van der Waals surface area contributed by atoms with Gasteiger partial charge < -0.3 is 0 Å². The van der Waals surface area contributed by atoms with E-state index in [-0.39, 0.29) is 17.1 Å². The van der Waals surface area contributed by atoms with E-state index in [1.165, 1.54) is 44.9 Å².